The normalized spacial score (nSPS) is 24.9. The summed E-state index contributed by atoms with van der Waals surface area (Å²) in [5, 5.41) is 11.9. The van der Waals surface area contributed by atoms with Gasteiger partial charge in [-0.1, -0.05) is 0 Å². The molecule has 1 aliphatic heterocycles. The number of carbonyl (C=O) groups excluding carboxylic acids is 3. The summed E-state index contributed by atoms with van der Waals surface area (Å²) >= 11 is 1.37. The molecule has 2 fully saturated rings. The highest BCUT2D eigenvalue weighted by atomic mass is 32.2. The third-order valence-corrected chi connectivity index (χ3v) is 5.76. The number of hydrogen-bond donors (Lipinski definition) is 2. The molecule has 0 spiro atoms. The molecule has 0 aromatic carbocycles. The summed E-state index contributed by atoms with van der Waals surface area (Å²) in [5.41, 5.74) is 0. The maximum atomic E-state index is 12.5. The molecule has 7 nitrogen and oxygen atoms in total. The highest BCUT2D eigenvalue weighted by molar-refractivity contribution is 7.99. The third-order valence-electron chi connectivity index (χ3n) is 4.59. The standard InChI is InChI=1S/C16H24N2O5S/c1-10(19)17-13(15(21)18-6-2-3-7-18)9-24-8-12-11(16(22)23)4-5-14(12)20/h11-13H,2-9H2,1H3,(H,17,19)(H,22,23)/t11-,12+,13+/m1/s1. The van der Waals surface area contributed by atoms with Gasteiger partial charge in [-0.2, -0.15) is 11.8 Å². The second-order valence-corrected chi connectivity index (χ2v) is 7.45. The molecule has 3 atom stereocenters. The number of carbonyl (C=O) groups is 4. The average molecular weight is 356 g/mol. The van der Waals surface area contributed by atoms with Gasteiger partial charge in [-0.15, -0.1) is 0 Å². The van der Waals surface area contributed by atoms with E-state index in [1.807, 2.05) is 0 Å². The number of thioether (sulfide) groups is 1. The highest BCUT2D eigenvalue weighted by Crippen LogP contribution is 2.31. The van der Waals surface area contributed by atoms with Gasteiger partial charge >= 0.3 is 5.97 Å². The first-order chi connectivity index (χ1) is 11.4. The maximum absolute atomic E-state index is 12.5. The van der Waals surface area contributed by atoms with E-state index in [9.17, 15) is 24.3 Å². The van der Waals surface area contributed by atoms with Crippen molar-refractivity contribution in [1.82, 2.24) is 10.2 Å². The zero-order chi connectivity index (χ0) is 17.7. The van der Waals surface area contributed by atoms with Crippen molar-refractivity contribution >= 4 is 35.3 Å². The van der Waals surface area contributed by atoms with E-state index in [1.165, 1.54) is 18.7 Å². The molecule has 1 saturated carbocycles. The molecule has 1 heterocycles. The zero-order valence-corrected chi connectivity index (χ0v) is 14.6. The van der Waals surface area contributed by atoms with Crippen molar-refractivity contribution in [1.29, 1.82) is 0 Å². The first-order valence-electron chi connectivity index (χ1n) is 8.29. The Balaban J connectivity index is 1.89. The molecule has 134 valence electrons. The lowest BCUT2D eigenvalue weighted by molar-refractivity contribution is -0.143. The second kappa shape index (κ2) is 8.50. The van der Waals surface area contributed by atoms with Crippen LogP contribution in [0.2, 0.25) is 0 Å². The minimum absolute atomic E-state index is 0.0168. The van der Waals surface area contributed by atoms with Crippen molar-refractivity contribution in [3.63, 3.8) is 0 Å². The summed E-state index contributed by atoms with van der Waals surface area (Å²) in [7, 11) is 0. The molecule has 0 aromatic heterocycles. The van der Waals surface area contributed by atoms with E-state index in [0.717, 1.165) is 12.8 Å². The highest BCUT2D eigenvalue weighted by Gasteiger charge is 2.39. The fourth-order valence-corrected chi connectivity index (χ4v) is 4.57. The Morgan fingerprint density at radius 1 is 1.33 bits per heavy atom. The van der Waals surface area contributed by atoms with Gasteiger partial charge < -0.3 is 15.3 Å². The van der Waals surface area contributed by atoms with Crippen molar-refractivity contribution in [2.75, 3.05) is 24.6 Å². The molecule has 1 saturated heterocycles. The van der Waals surface area contributed by atoms with E-state index in [-0.39, 0.29) is 17.6 Å². The van der Waals surface area contributed by atoms with Crippen molar-refractivity contribution in [2.24, 2.45) is 11.8 Å². The molecule has 24 heavy (non-hydrogen) atoms. The van der Waals surface area contributed by atoms with Gasteiger partial charge in [-0.25, -0.2) is 0 Å². The third kappa shape index (κ3) is 4.72. The van der Waals surface area contributed by atoms with Crippen molar-refractivity contribution in [2.45, 2.75) is 38.6 Å². The molecular weight excluding hydrogens is 332 g/mol. The lowest BCUT2D eigenvalue weighted by Gasteiger charge is -2.24. The number of likely N-dealkylation sites (tertiary alicyclic amines) is 1. The van der Waals surface area contributed by atoms with Gasteiger partial charge in [0.25, 0.3) is 0 Å². The van der Waals surface area contributed by atoms with Gasteiger partial charge in [0.2, 0.25) is 11.8 Å². The predicted molar refractivity (Wildman–Crippen MR) is 89.6 cm³/mol. The van der Waals surface area contributed by atoms with E-state index >= 15 is 0 Å². The Bertz CT molecular complexity index is 519. The van der Waals surface area contributed by atoms with Gasteiger partial charge in [0, 0.05) is 43.9 Å². The Hall–Kier alpha value is -1.57. The largest absolute Gasteiger partial charge is 0.481 e. The molecule has 0 bridgehead atoms. The average Bonchev–Trinajstić information content (AvgIpc) is 3.15. The Labute approximate surface area is 145 Å². The number of amides is 2. The van der Waals surface area contributed by atoms with Crippen LogP contribution in [0, 0.1) is 11.8 Å². The van der Waals surface area contributed by atoms with Crippen molar-refractivity contribution < 1.29 is 24.3 Å². The maximum Gasteiger partial charge on any atom is 0.307 e. The molecule has 0 aromatic rings. The van der Waals surface area contributed by atoms with Crippen LogP contribution in [0.3, 0.4) is 0 Å². The number of Topliss-reactive ketones (excluding diaryl/α,β-unsaturated/α-hetero) is 1. The molecule has 8 heteroatoms. The first-order valence-corrected chi connectivity index (χ1v) is 9.44. The number of carboxylic acids is 1. The van der Waals surface area contributed by atoms with E-state index in [1.54, 1.807) is 4.90 Å². The van der Waals surface area contributed by atoms with E-state index in [0.29, 0.717) is 37.4 Å². The molecule has 2 amide bonds. The van der Waals surface area contributed by atoms with E-state index < -0.39 is 23.8 Å². The first kappa shape index (κ1) is 18.8. The molecule has 2 aliphatic rings. The van der Waals surface area contributed by atoms with E-state index in [4.69, 9.17) is 0 Å². The number of hydrogen-bond acceptors (Lipinski definition) is 5. The molecule has 2 rings (SSSR count). The number of rotatable bonds is 7. The van der Waals surface area contributed by atoms with Crippen LogP contribution < -0.4 is 5.32 Å². The van der Waals surface area contributed by atoms with Crippen LogP contribution in [0.4, 0.5) is 0 Å². The van der Waals surface area contributed by atoms with Crippen LogP contribution in [-0.2, 0) is 19.2 Å². The van der Waals surface area contributed by atoms with Gasteiger partial charge in [-0.3, -0.25) is 19.2 Å². The molecular formula is C16H24N2O5S. The van der Waals surface area contributed by atoms with Crippen molar-refractivity contribution in [3.05, 3.63) is 0 Å². The summed E-state index contributed by atoms with van der Waals surface area (Å²) in [6, 6.07) is -0.620. The van der Waals surface area contributed by atoms with Crippen LogP contribution in [0.15, 0.2) is 0 Å². The zero-order valence-electron chi connectivity index (χ0n) is 13.8. The smallest absolute Gasteiger partial charge is 0.307 e. The van der Waals surface area contributed by atoms with Crippen LogP contribution in [0.25, 0.3) is 0 Å². The SMILES string of the molecule is CC(=O)N[C@@H](CSC[C@@H]1C(=O)CC[C@H]1C(=O)O)C(=O)N1CCCC1. The molecule has 1 aliphatic carbocycles. The lowest BCUT2D eigenvalue weighted by Crippen LogP contribution is -2.48. The van der Waals surface area contributed by atoms with Crippen LogP contribution >= 0.6 is 11.8 Å². The summed E-state index contributed by atoms with van der Waals surface area (Å²) in [5.74, 6) is -1.71. The molecule has 2 N–H and O–H groups in total. The quantitative estimate of drug-likeness (QED) is 0.689. The van der Waals surface area contributed by atoms with Crippen LogP contribution in [0.1, 0.15) is 32.6 Å². The second-order valence-electron chi connectivity index (χ2n) is 6.38. The molecule has 0 unspecified atom stereocenters. The number of nitrogens with one attached hydrogen (secondary N) is 1. The Morgan fingerprint density at radius 3 is 2.58 bits per heavy atom. The fourth-order valence-electron chi connectivity index (χ4n) is 3.30. The van der Waals surface area contributed by atoms with Gasteiger partial charge in [0.05, 0.1) is 5.92 Å². The predicted octanol–water partition coefficient (Wildman–Crippen LogP) is 0.527. The van der Waals surface area contributed by atoms with Gasteiger partial charge in [0.1, 0.15) is 11.8 Å². The van der Waals surface area contributed by atoms with Crippen molar-refractivity contribution in [3.8, 4) is 0 Å². The summed E-state index contributed by atoms with van der Waals surface area (Å²) in [4.78, 5) is 48.7. The summed E-state index contributed by atoms with van der Waals surface area (Å²) in [6.45, 7) is 2.79. The number of nitrogens with zero attached hydrogens (tertiary/aromatic N) is 1. The molecule has 0 radical (unpaired) electrons. The number of ketones is 1. The van der Waals surface area contributed by atoms with Gasteiger partial charge in [0.15, 0.2) is 0 Å². The van der Waals surface area contributed by atoms with E-state index in [2.05, 4.69) is 5.32 Å². The summed E-state index contributed by atoms with van der Waals surface area (Å²) in [6.07, 6.45) is 2.65. The summed E-state index contributed by atoms with van der Waals surface area (Å²) < 4.78 is 0. The Morgan fingerprint density at radius 2 is 2.00 bits per heavy atom. The van der Waals surface area contributed by atoms with Crippen LogP contribution in [-0.4, -0.2) is 64.2 Å². The Kier molecular flexibility index (Phi) is 6.65. The number of carboxylic acid groups (broad SMARTS) is 1. The minimum atomic E-state index is -0.932. The van der Waals surface area contributed by atoms with Gasteiger partial charge in [-0.05, 0) is 19.3 Å². The monoisotopic (exact) mass is 356 g/mol. The topological polar surface area (TPSA) is 104 Å². The number of aliphatic carboxylic acids is 1. The van der Waals surface area contributed by atoms with Crippen LogP contribution in [0.5, 0.6) is 0 Å². The fraction of sp³-hybridized carbons (Fsp3) is 0.750. The lowest BCUT2D eigenvalue weighted by atomic mass is 9.98. The minimum Gasteiger partial charge on any atom is -0.481 e.